The van der Waals surface area contributed by atoms with Crippen molar-refractivity contribution in [2.75, 3.05) is 0 Å². The molecule has 0 aliphatic carbocycles. The molecule has 0 radical (unpaired) electrons. The monoisotopic (exact) mass is 238 g/mol. The van der Waals surface area contributed by atoms with Crippen LogP contribution in [-0.2, 0) is 8.27 Å². The van der Waals surface area contributed by atoms with Crippen molar-refractivity contribution >= 4 is 23.1 Å². The van der Waals surface area contributed by atoms with Crippen LogP contribution in [0.25, 0.3) is 0 Å². The van der Waals surface area contributed by atoms with Gasteiger partial charge in [-0.25, -0.2) is 12.8 Å². The van der Waals surface area contributed by atoms with Gasteiger partial charge in [0.25, 0.3) is 0 Å². The van der Waals surface area contributed by atoms with Gasteiger partial charge >= 0.3 is 0 Å². The van der Waals surface area contributed by atoms with Crippen LogP contribution in [0, 0.1) is 5.82 Å². The molecule has 0 aromatic heterocycles. The molecule has 0 saturated carbocycles. The van der Waals surface area contributed by atoms with Gasteiger partial charge in [0, 0.05) is 0 Å². The summed E-state index contributed by atoms with van der Waals surface area (Å²) in [5.74, 6) is -0.564. The first-order valence-corrected chi connectivity index (χ1v) is 6.03. The van der Waals surface area contributed by atoms with E-state index in [4.69, 9.17) is 0 Å². The zero-order valence-corrected chi connectivity index (χ0v) is 7.69. The maximum absolute atomic E-state index is 12.4. The van der Waals surface area contributed by atoms with Crippen molar-refractivity contribution in [1.82, 2.24) is 0 Å². The molecule has 0 atom stereocenters. The molecule has 1 aromatic rings. The van der Waals surface area contributed by atoms with E-state index in [1.165, 1.54) is 18.2 Å². The summed E-state index contributed by atoms with van der Waals surface area (Å²) >= 11 is 2.43. The standard InChI is InChI=1S/C6H4BrFO2S/c7-11(9,10)6-3-1-2-5(8)4-6/h1-4H. The smallest absolute Gasteiger partial charge is 0.212 e. The van der Waals surface area contributed by atoms with E-state index < -0.39 is 14.1 Å². The van der Waals surface area contributed by atoms with Crippen molar-refractivity contribution in [3.05, 3.63) is 30.1 Å². The highest BCUT2D eigenvalue weighted by atomic mass is 79.9. The average molecular weight is 239 g/mol. The Morgan fingerprint density at radius 1 is 1.36 bits per heavy atom. The third kappa shape index (κ3) is 2.27. The molecule has 0 amide bonds. The molecule has 2 nitrogen and oxygen atoms in total. The van der Waals surface area contributed by atoms with Gasteiger partial charge in [0.15, 0.2) is 0 Å². The van der Waals surface area contributed by atoms with Crippen molar-refractivity contribution in [2.45, 2.75) is 4.90 Å². The maximum Gasteiger partial charge on any atom is 0.237 e. The Kier molecular flexibility index (Phi) is 2.29. The fraction of sp³-hybridized carbons (Fsp3) is 0. The van der Waals surface area contributed by atoms with Crippen molar-refractivity contribution in [3.63, 3.8) is 0 Å². The Balaban J connectivity index is 3.28. The fourth-order valence-corrected chi connectivity index (χ4v) is 1.72. The summed E-state index contributed by atoms with van der Waals surface area (Å²) in [6.07, 6.45) is 0. The quantitative estimate of drug-likeness (QED) is 0.701. The normalized spacial score (nSPS) is 11.5. The Hall–Kier alpha value is -0.420. The highest BCUT2D eigenvalue weighted by Gasteiger charge is 2.08. The topological polar surface area (TPSA) is 34.1 Å². The van der Waals surface area contributed by atoms with Gasteiger partial charge in [-0.05, 0) is 18.2 Å². The molecule has 5 heteroatoms. The lowest BCUT2D eigenvalue weighted by Crippen LogP contribution is -1.89. The van der Waals surface area contributed by atoms with Crippen molar-refractivity contribution in [1.29, 1.82) is 0 Å². The molecule has 1 rings (SSSR count). The number of halogens is 2. The molecule has 11 heavy (non-hydrogen) atoms. The van der Waals surface area contributed by atoms with E-state index in [1.54, 1.807) is 0 Å². The Morgan fingerprint density at radius 2 is 2.00 bits per heavy atom. The molecule has 0 N–H and O–H groups in total. The Morgan fingerprint density at radius 3 is 2.36 bits per heavy atom. The molecule has 0 unspecified atom stereocenters. The summed E-state index contributed by atoms with van der Waals surface area (Å²) in [6, 6.07) is 4.78. The molecule has 60 valence electrons. The van der Waals surface area contributed by atoms with Crippen molar-refractivity contribution in [3.8, 4) is 0 Å². The minimum Gasteiger partial charge on any atom is -0.212 e. The summed E-state index contributed by atoms with van der Waals surface area (Å²) in [5, 5.41) is 0. The van der Waals surface area contributed by atoms with Crippen LogP contribution in [0.2, 0.25) is 0 Å². The minimum atomic E-state index is -3.45. The maximum atomic E-state index is 12.4. The average Bonchev–Trinajstić information content (AvgIpc) is 1.86. The summed E-state index contributed by atoms with van der Waals surface area (Å²) < 4.78 is 33.9. The lowest BCUT2D eigenvalue weighted by molar-refractivity contribution is 0.604. The molecular weight excluding hydrogens is 235 g/mol. The molecule has 0 aliphatic heterocycles. The van der Waals surface area contributed by atoms with E-state index in [0.717, 1.165) is 6.07 Å². The van der Waals surface area contributed by atoms with Crippen molar-refractivity contribution < 1.29 is 12.8 Å². The van der Waals surface area contributed by atoms with Crippen LogP contribution in [0.4, 0.5) is 4.39 Å². The molecule has 0 spiro atoms. The predicted molar refractivity (Wildman–Crippen MR) is 42.5 cm³/mol. The minimum absolute atomic E-state index is 0.0718. The molecule has 0 fully saturated rings. The lowest BCUT2D eigenvalue weighted by atomic mass is 10.4. The SMILES string of the molecule is O=S(=O)(Br)c1cccc(F)c1. The van der Waals surface area contributed by atoms with Gasteiger partial charge < -0.3 is 0 Å². The highest BCUT2D eigenvalue weighted by Crippen LogP contribution is 2.16. The lowest BCUT2D eigenvalue weighted by Gasteiger charge is -1.93. The third-order valence-corrected chi connectivity index (χ3v) is 3.02. The van der Waals surface area contributed by atoms with Crippen LogP contribution < -0.4 is 0 Å². The largest absolute Gasteiger partial charge is 0.237 e. The molecular formula is C6H4BrFO2S. The first-order chi connectivity index (χ1) is 5.00. The molecule has 0 saturated heterocycles. The second kappa shape index (κ2) is 2.91. The number of hydrogen-bond acceptors (Lipinski definition) is 2. The molecule has 0 heterocycles. The molecule has 0 aliphatic rings. The molecule has 0 bridgehead atoms. The van der Waals surface area contributed by atoms with Gasteiger partial charge in [-0.2, -0.15) is 0 Å². The van der Waals surface area contributed by atoms with Gasteiger partial charge in [0.05, 0.1) is 19.7 Å². The van der Waals surface area contributed by atoms with E-state index in [2.05, 4.69) is 14.8 Å². The van der Waals surface area contributed by atoms with Crippen LogP contribution in [0.1, 0.15) is 0 Å². The first kappa shape index (κ1) is 8.67. The predicted octanol–water partition coefficient (Wildman–Crippen LogP) is 1.91. The Bertz CT molecular complexity index is 361. The van der Waals surface area contributed by atoms with Gasteiger partial charge in [-0.15, -0.1) is 0 Å². The second-order valence-corrected chi connectivity index (χ2v) is 5.80. The summed E-state index contributed by atoms with van der Waals surface area (Å²) in [7, 11) is -3.45. The number of hydrogen-bond donors (Lipinski definition) is 0. The van der Waals surface area contributed by atoms with Crippen molar-refractivity contribution in [2.24, 2.45) is 0 Å². The van der Waals surface area contributed by atoms with Gasteiger partial charge in [0.1, 0.15) is 5.82 Å². The van der Waals surface area contributed by atoms with Gasteiger partial charge in [-0.1, -0.05) is 6.07 Å². The molecule has 1 aromatic carbocycles. The first-order valence-electron chi connectivity index (χ1n) is 2.70. The van der Waals surface area contributed by atoms with Crippen LogP contribution in [0.5, 0.6) is 0 Å². The number of benzene rings is 1. The zero-order valence-electron chi connectivity index (χ0n) is 5.29. The third-order valence-electron chi connectivity index (χ3n) is 1.08. The summed E-state index contributed by atoms with van der Waals surface area (Å²) in [4.78, 5) is -0.0718. The zero-order chi connectivity index (χ0) is 8.48. The van der Waals surface area contributed by atoms with Crippen LogP contribution in [0.3, 0.4) is 0 Å². The van der Waals surface area contributed by atoms with E-state index in [-0.39, 0.29) is 4.90 Å². The van der Waals surface area contributed by atoms with Gasteiger partial charge in [-0.3, -0.25) is 0 Å². The van der Waals surface area contributed by atoms with E-state index in [1.807, 2.05) is 0 Å². The Labute approximate surface area is 71.2 Å². The highest BCUT2D eigenvalue weighted by molar-refractivity contribution is 9.47. The van der Waals surface area contributed by atoms with Crippen LogP contribution >= 0.6 is 14.8 Å². The summed E-state index contributed by atoms with van der Waals surface area (Å²) in [6.45, 7) is 0. The van der Waals surface area contributed by atoms with Gasteiger partial charge in [0.2, 0.25) is 8.27 Å². The second-order valence-electron chi connectivity index (χ2n) is 1.90. The van der Waals surface area contributed by atoms with E-state index >= 15 is 0 Å². The van der Waals surface area contributed by atoms with Crippen LogP contribution in [-0.4, -0.2) is 8.42 Å². The van der Waals surface area contributed by atoms with E-state index in [9.17, 15) is 12.8 Å². The summed E-state index contributed by atoms with van der Waals surface area (Å²) in [5.41, 5.74) is 0. The van der Waals surface area contributed by atoms with Crippen LogP contribution in [0.15, 0.2) is 29.2 Å². The van der Waals surface area contributed by atoms with E-state index in [0.29, 0.717) is 0 Å². The fourth-order valence-electron chi connectivity index (χ4n) is 0.619. The number of rotatable bonds is 1.